The molecule has 5 aromatic carbocycles. The number of hydrogen-bond acceptors (Lipinski definition) is 3. The Morgan fingerprint density at radius 1 is 0.684 bits per heavy atom. The van der Waals surface area contributed by atoms with E-state index >= 15 is 0 Å². The number of benzene rings is 5. The fourth-order valence-electron chi connectivity index (χ4n) is 7.64. The topological polar surface area (TPSA) is 25.8 Å². The van der Waals surface area contributed by atoms with Crippen LogP contribution < -0.4 is 4.40 Å². The molecule has 1 radical (unpaired) electrons. The van der Waals surface area contributed by atoms with Crippen molar-refractivity contribution in [2.45, 2.75) is 71.1 Å². The first kappa shape index (κ1) is 42.4. The summed E-state index contributed by atoms with van der Waals surface area (Å²) in [7, 11) is 0. The SMILES string of the molecule is CC(C)c1ccc2c(sc3c(-c4cc(CC(C)(C)C)ccn4)[c-]ccc32)c1-c1ccccc1.Cc1cc(-c2[c-]ccc(-c3ccccc3)c2)nc[c]1[Ge]([CH3])([CH3])[CH3].[Ir]. The van der Waals surface area contributed by atoms with Gasteiger partial charge < -0.3 is 4.98 Å². The van der Waals surface area contributed by atoms with Gasteiger partial charge in [0.1, 0.15) is 0 Å². The van der Waals surface area contributed by atoms with Crippen LogP contribution in [-0.4, -0.2) is 23.2 Å². The quantitative estimate of drug-likeness (QED) is 0.117. The normalized spacial score (nSPS) is 11.7. The van der Waals surface area contributed by atoms with E-state index in [0.717, 1.165) is 28.9 Å². The fraction of sp³-hybridized carbons (Fsp3) is 0.231. The molecule has 291 valence electrons. The summed E-state index contributed by atoms with van der Waals surface area (Å²) in [6, 6.07) is 49.9. The number of aromatic nitrogens is 2. The first-order valence-corrected chi connectivity index (χ1v) is 27.9. The number of pyridine rings is 2. The predicted molar refractivity (Wildman–Crippen MR) is 246 cm³/mol. The summed E-state index contributed by atoms with van der Waals surface area (Å²) < 4.78 is 4.10. The van der Waals surface area contributed by atoms with Crippen LogP contribution >= 0.6 is 11.3 Å². The van der Waals surface area contributed by atoms with Crippen LogP contribution in [0.5, 0.6) is 0 Å². The molecule has 5 heteroatoms. The zero-order chi connectivity index (χ0) is 39.6. The van der Waals surface area contributed by atoms with Crippen LogP contribution in [0.3, 0.4) is 0 Å². The molecule has 0 aliphatic rings. The van der Waals surface area contributed by atoms with Gasteiger partial charge in [0.15, 0.2) is 0 Å². The van der Waals surface area contributed by atoms with Crippen molar-refractivity contribution in [1.82, 2.24) is 9.97 Å². The zero-order valence-corrected chi connectivity index (χ0v) is 39.9. The molecule has 0 N–H and O–H groups in total. The van der Waals surface area contributed by atoms with Gasteiger partial charge in [0.05, 0.1) is 0 Å². The number of fused-ring (bicyclic) bond motifs is 3. The summed E-state index contributed by atoms with van der Waals surface area (Å²) in [5.74, 6) is 7.68. The molecule has 0 aliphatic heterocycles. The number of aryl methyl sites for hydroxylation is 1. The van der Waals surface area contributed by atoms with E-state index in [1.54, 1.807) is 0 Å². The maximum absolute atomic E-state index is 4.76. The van der Waals surface area contributed by atoms with Crippen LogP contribution in [0, 0.1) is 24.5 Å². The molecule has 0 aliphatic carbocycles. The molecule has 0 atom stereocenters. The van der Waals surface area contributed by atoms with Crippen LogP contribution in [0.25, 0.3) is 64.9 Å². The van der Waals surface area contributed by atoms with E-state index in [0.29, 0.717) is 5.92 Å². The molecular weight excluding hydrogens is 949 g/mol. The second kappa shape index (κ2) is 17.8. The largest absolute Gasteiger partial charge is 0 e. The van der Waals surface area contributed by atoms with Gasteiger partial charge >= 0.3 is 142 Å². The maximum Gasteiger partial charge on any atom is 0 e. The standard InChI is InChI=1S/C31H30NS.C21H22GeN.Ir/c1-20(2)23-14-15-25-24-12-9-13-26(27-18-21(16-17-32-27)19-31(3,4)5)29(24)33-30(25)28(23)22-10-7-6-8-11-22;1-16-13-21(23-15-20(16)22(2,3)4)19-12-8-11-18(14-19)17-9-6-5-7-10-17;/h6-12,14-18,20H,19H2,1-5H3;5-11,13-15H,1-4H3;/q2*-1;. The second-order valence-electron chi connectivity index (χ2n) is 17.4. The van der Waals surface area contributed by atoms with E-state index < -0.39 is 13.3 Å². The average molecular weight is 1000 g/mol. The van der Waals surface area contributed by atoms with Crippen molar-refractivity contribution in [2.24, 2.45) is 5.41 Å². The van der Waals surface area contributed by atoms with E-state index in [1.165, 1.54) is 63.5 Å². The number of hydrogen-bond donors (Lipinski definition) is 0. The van der Waals surface area contributed by atoms with Crippen molar-refractivity contribution in [3.63, 3.8) is 0 Å². The Kier molecular flexibility index (Phi) is 13.2. The van der Waals surface area contributed by atoms with Crippen LogP contribution in [0.2, 0.25) is 17.3 Å². The van der Waals surface area contributed by atoms with Gasteiger partial charge in [-0.2, -0.15) is 11.3 Å². The first-order valence-electron chi connectivity index (χ1n) is 19.7. The van der Waals surface area contributed by atoms with Crippen molar-refractivity contribution >= 4 is 49.2 Å². The van der Waals surface area contributed by atoms with Crippen molar-refractivity contribution in [3.05, 3.63) is 163 Å². The summed E-state index contributed by atoms with van der Waals surface area (Å²) in [4.78, 5) is 9.49. The predicted octanol–water partition coefficient (Wildman–Crippen LogP) is 14.4. The summed E-state index contributed by atoms with van der Waals surface area (Å²) in [5.41, 5.74) is 13.6. The number of rotatable bonds is 7. The Bertz CT molecular complexity index is 2620. The van der Waals surface area contributed by atoms with Gasteiger partial charge in [-0.3, -0.25) is 0 Å². The Morgan fingerprint density at radius 2 is 1.35 bits per heavy atom. The van der Waals surface area contributed by atoms with E-state index in [-0.39, 0.29) is 25.5 Å². The second-order valence-corrected chi connectivity index (χ2v) is 29.0. The van der Waals surface area contributed by atoms with E-state index in [9.17, 15) is 0 Å². The van der Waals surface area contributed by atoms with Gasteiger partial charge in [-0.15, -0.1) is 23.8 Å². The van der Waals surface area contributed by atoms with Crippen molar-refractivity contribution in [2.75, 3.05) is 0 Å². The third-order valence-corrected chi connectivity index (χ3v) is 16.0. The molecule has 2 nitrogen and oxygen atoms in total. The molecule has 3 aromatic heterocycles. The molecule has 3 heterocycles. The molecule has 0 saturated heterocycles. The maximum atomic E-state index is 4.76. The molecular formula is C52H52GeIrN2S-2. The van der Waals surface area contributed by atoms with E-state index in [1.807, 2.05) is 29.7 Å². The molecule has 57 heavy (non-hydrogen) atoms. The zero-order valence-electron chi connectivity index (χ0n) is 34.6. The Labute approximate surface area is 360 Å². The van der Waals surface area contributed by atoms with Gasteiger partial charge in [0.2, 0.25) is 0 Å². The van der Waals surface area contributed by atoms with Gasteiger partial charge in [0, 0.05) is 36.6 Å². The minimum atomic E-state index is -1.85. The minimum Gasteiger partial charge on any atom is 0 e. The van der Waals surface area contributed by atoms with Gasteiger partial charge in [-0.05, 0) is 50.7 Å². The average Bonchev–Trinajstić information content (AvgIpc) is 3.56. The van der Waals surface area contributed by atoms with Crippen LogP contribution in [-0.2, 0) is 26.5 Å². The van der Waals surface area contributed by atoms with Crippen molar-refractivity contribution < 1.29 is 20.1 Å². The molecule has 0 unspecified atom stereocenters. The van der Waals surface area contributed by atoms with Gasteiger partial charge in [-0.1, -0.05) is 94.1 Å². The Hall–Kier alpha value is -4.19. The molecule has 8 rings (SSSR count). The molecule has 0 amide bonds. The van der Waals surface area contributed by atoms with E-state index in [4.69, 9.17) is 9.97 Å². The van der Waals surface area contributed by atoms with Gasteiger partial charge in [-0.25, -0.2) is 0 Å². The van der Waals surface area contributed by atoms with Crippen LogP contribution in [0.1, 0.15) is 57.2 Å². The van der Waals surface area contributed by atoms with E-state index in [2.05, 4.69) is 186 Å². The monoisotopic (exact) mass is 1000 g/mol. The fourth-order valence-corrected chi connectivity index (χ4v) is 12.6. The summed E-state index contributed by atoms with van der Waals surface area (Å²) in [5, 5.41) is 2.61. The number of thiophene rings is 1. The smallest absolute Gasteiger partial charge is 0 e. The van der Waals surface area contributed by atoms with Crippen molar-refractivity contribution in [1.29, 1.82) is 0 Å². The first-order chi connectivity index (χ1) is 26.8. The molecule has 0 fully saturated rings. The third-order valence-electron chi connectivity index (χ3n) is 10.2. The van der Waals surface area contributed by atoms with Gasteiger partial charge in [0.25, 0.3) is 0 Å². The summed E-state index contributed by atoms with van der Waals surface area (Å²) in [6.45, 7) is 13.6. The summed E-state index contributed by atoms with van der Waals surface area (Å²) >= 11 is 0.0369. The van der Waals surface area contributed by atoms with Crippen molar-refractivity contribution in [3.8, 4) is 44.8 Å². The molecule has 0 spiro atoms. The Morgan fingerprint density at radius 3 is 2.00 bits per heavy atom. The minimum absolute atomic E-state index is 0. The molecule has 8 aromatic rings. The Balaban J connectivity index is 0.000000202. The third kappa shape index (κ3) is 9.75. The number of nitrogens with zero attached hydrogens (tertiary/aromatic N) is 2. The molecule has 0 saturated carbocycles. The van der Waals surface area contributed by atoms with Crippen LogP contribution in [0.4, 0.5) is 0 Å². The van der Waals surface area contributed by atoms with Crippen LogP contribution in [0.15, 0.2) is 134 Å². The summed E-state index contributed by atoms with van der Waals surface area (Å²) in [6.07, 6.45) is 5.07. The molecule has 0 bridgehead atoms.